The Bertz CT molecular complexity index is 1260. The first-order valence-corrected chi connectivity index (χ1v) is 9.93. The Balaban J connectivity index is 1.64. The summed E-state index contributed by atoms with van der Waals surface area (Å²) in [6.45, 7) is 0.777. The number of pyridine rings is 1. The van der Waals surface area contributed by atoms with Gasteiger partial charge in [-0.15, -0.1) is 0 Å². The number of hydrogen-bond donors (Lipinski definition) is 1. The Hall–Kier alpha value is -3.20. The van der Waals surface area contributed by atoms with Crippen LogP contribution in [0.4, 0.5) is 4.79 Å². The van der Waals surface area contributed by atoms with Gasteiger partial charge in [0.05, 0.1) is 29.8 Å². The number of rotatable bonds is 2. The Labute approximate surface area is 174 Å². The van der Waals surface area contributed by atoms with Crippen LogP contribution in [0.25, 0.3) is 27.7 Å². The van der Waals surface area contributed by atoms with E-state index in [-0.39, 0.29) is 0 Å². The summed E-state index contributed by atoms with van der Waals surface area (Å²) in [4.78, 5) is 17.5. The van der Waals surface area contributed by atoms with Crippen molar-refractivity contribution in [2.24, 2.45) is 7.05 Å². The molecule has 0 saturated heterocycles. The summed E-state index contributed by atoms with van der Waals surface area (Å²) in [7, 11) is 1.88. The van der Waals surface area contributed by atoms with Crippen LogP contribution in [0, 0.1) is 0 Å². The average molecular weight is 453 g/mol. The highest BCUT2D eigenvalue weighted by molar-refractivity contribution is 9.10. The van der Waals surface area contributed by atoms with E-state index in [1.807, 2.05) is 48.4 Å². The lowest BCUT2D eigenvalue weighted by molar-refractivity contribution is 0.139. The molecule has 29 heavy (non-hydrogen) atoms. The molecule has 0 radical (unpaired) electrons. The molecule has 1 aliphatic heterocycles. The molecule has 4 heterocycles. The van der Waals surface area contributed by atoms with Crippen molar-refractivity contribution in [2.75, 3.05) is 6.54 Å². The lowest BCUT2D eigenvalue weighted by atomic mass is 10.1. The Morgan fingerprint density at radius 3 is 2.90 bits per heavy atom. The molecule has 1 N–H and O–H groups in total. The molecule has 5 rings (SSSR count). The van der Waals surface area contributed by atoms with Crippen molar-refractivity contribution in [3.8, 4) is 16.9 Å². The molecule has 0 unspecified atom stereocenters. The van der Waals surface area contributed by atoms with Crippen LogP contribution in [0.1, 0.15) is 11.3 Å². The number of amides is 1. The van der Waals surface area contributed by atoms with Gasteiger partial charge in [0, 0.05) is 42.5 Å². The zero-order valence-corrected chi connectivity index (χ0v) is 17.2. The van der Waals surface area contributed by atoms with Crippen LogP contribution in [0.15, 0.2) is 47.5 Å². The third kappa shape index (κ3) is 2.98. The molecule has 4 aromatic rings. The predicted octanol–water partition coefficient (Wildman–Crippen LogP) is 3.62. The van der Waals surface area contributed by atoms with Crippen LogP contribution < -0.4 is 0 Å². The fourth-order valence-corrected chi connectivity index (χ4v) is 4.37. The van der Waals surface area contributed by atoms with Crippen molar-refractivity contribution in [3.63, 3.8) is 0 Å². The normalized spacial score (nSPS) is 13.7. The minimum Gasteiger partial charge on any atom is -0.465 e. The molecule has 3 aromatic heterocycles. The van der Waals surface area contributed by atoms with Gasteiger partial charge in [-0.2, -0.15) is 10.2 Å². The smallest absolute Gasteiger partial charge is 0.407 e. The first-order valence-electron chi connectivity index (χ1n) is 9.13. The summed E-state index contributed by atoms with van der Waals surface area (Å²) in [5.74, 6) is 0. The van der Waals surface area contributed by atoms with E-state index in [1.165, 1.54) is 4.90 Å². The zero-order valence-electron chi connectivity index (χ0n) is 15.6. The van der Waals surface area contributed by atoms with Crippen molar-refractivity contribution in [2.45, 2.75) is 13.0 Å². The highest BCUT2D eigenvalue weighted by Crippen LogP contribution is 2.32. The largest absolute Gasteiger partial charge is 0.465 e. The molecule has 0 aliphatic carbocycles. The van der Waals surface area contributed by atoms with Gasteiger partial charge in [0.15, 0.2) is 0 Å². The Kier molecular flexibility index (Phi) is 4.13. The number of hydrogen-bond acceptors (Lipinski definition) is 4. The first-order chi connectivity index (χ1) is 14.0. The van der Waals surface area contributed by atoms with E-state index in [0.29, 0.717) is 19.5 Å². The molecule has 8 nitrogen and oxygen atoms in total. The Morgan fingerprint density at radius 2 is 2.14 bits per heavy atom. The maximum atomic E-state index is 11.5. The maximum Gasteiger partial charge on any atom is 0.407 e. The van der Waals surface area contributed by atoms with Gasteiger partial charge in [0.2, 0.25) is 0 Å². The number of carbonyl (C=O) groups is 1. The molecule has 9 heteroatoms. The number of halogens is 1. The van der Waals surface area contributed by atoms with Gasteiger partial charge in [0.1, 0.15) is 4.60 Å². The number of aromatic nitrogens is 5. The highest BCUT2D eigenvalue weighted by Gasteiger charge is 2.27. The summed E-state index contributed by atoms with van der Waals surface area (Å²) in [5, 5.41) is 20.3. The molecule has 0 fully saturated rings. The molecular weight excluding hydrogens is 436 g/mol. The van der Waals surface area contributed by atoms with Crippen LogP contribution >= 0.6 is 15.9 Å². The topological polar surface area (TPSA) is 89.1 Å². The van der Waals surface area contributed by atoms with Crippen molar-refractivity contribution >= 4 is 32.8 Å². The van der Waals surface area contributed by atoms with Gasteiger partial charge in [-0.25, -0.2) is 9.48 Å². The molecule has 0 atom stereocenters. The van der Waals surface area contributed by atoms with Crippen LogP contribution in [-0.4, -0.2) is 47.2 Å². The summed E-state index contributed by atoms with van der Waals surface area (Å²) >= 11 is 3.54. The second-order valence-corrected chi connectivity index (χ2v) is 7.80. The number of fused-ring (bicyclic) bond motifs is 2. The van der Waals surface area contributed by atoms with Crippen molar-refractivity contribution in [1.29, 1.82) is 0 Å². The quantitative estimate of drug-likeness (QED) is 0.501. The average Bonchev–Trinajstić information content (AvgIpc) is 3.30. The van der Waals surface area contributed by atoms with E-state index in [4.69, 9.17) is 0 Å². The molecule has 1 aromatic carbocycles. The van der Waals surface area contributed by atoms with E-state index < -0.39 is 6.09 Å². The molecule has 0 spiro atoms. The minimum atomic E-state index is -0.916. The van der Waals surface area contributed by atoms with Gasteiger partial charge < -0.3 is 10.0 Å². The highest BCUT2D eigenvalue weighted by atomic mass is 79.9. The monoisotopic (exact) mass is 452 g/mol. The maximum absolute atomic E-state index is 11.5. The van der Waals surface area contributed by atoms with Crippen molar-refractivity contribution in [3.05, 3.63) is 58.7 Å². The number of nitrogens with zero attached hydrogens (tertiary/aromatic N) is 6. The van der Waals surface area contributed by atoms with Gasteiger partial charge in [-0.1, -0.05) is 12.1 Å². The fourth-order valence-electron chi connectivity index (χ4n) is 3.79. The molecule has 1 amide bonds. The van der Waals surface area contributed by atoms with E-state index >= 15 is 0 Å². The summed E-state index contributed by atoms with van der Waals surface area (Å²) < 4.78 is 4.34. The Morgan fingerprint density at radius 1 is 1.28 bits per heavy atom. The van der Waals surface area contributed by atoms with E-state index in [1.54, 1.807) is 10.9 Å². The predicted molar refractivity (Wildman–Crippen MR) is 111 cm³/mol. The number of carboxylic acid groups (broad SMARTS) is 1. The van der Waals surface area contributed by atoms with Crippen LogP contribution in [0.2, 0.25) is 0 Å². The molecular formula is C20H17BrN6O2. The van der Waals surface area contributed by atoms with Gasteiger partial charge in [-0.3, -0.25) is 9.67 Å². The lowest BCUT2D eigenvalue weighted by Crippen LogP contribution is -2.35. The minimum absolute atomic E-state index is 0.306. The number of aryl methyl sites for hydroxylation is 1. The summed E-state index contributed by atoms with van der Waals surface area (Å²) in [6.07, 6.45) is 5.28. The fraction of sp³-hybridized carbons (Fsp3) is 0.200. The summed E-state index contributed by atoms with van der Waals surface area (Å²) in [6, 6.07) is 8.02. The van der Waals surface area contributed by atoms with Crippen LogP contribution in [0.5, 0.6) is 0 Å². The second-order valence-electron chi connectivity index (χ2n) is 7.05. The standard InChI is InChI=1S/C20H17BrN6O2/c1-25-10-13(8-23-25)16-7-12-3-2-4-17(15(12)9-22-16)27-18-11-26(20(28)29)6-5-14(18)19(21)24-27/h2-4,7-10H,5-6,11H2,1H3,(H,28,29). The third-order valence-corrected chi connectivity index (χ3v) is 5.89. The van der Waals surface area contributed by atoms with Gasteiger partial charge in [-0.05, 0) is 39.9 Å². The number of benzene rings is 1. The second kappa shape index (κ2) is 6.70. The lowest BCUT2D eigenvalue weighted by Gasteiger charge is -2.25. The summed E-state index contributed by atoms with van der Waals surface area (Å²) in [5.41, 5.74) is 4.62. The SMILES string of the molecule is Cn1cc(-c2cc3cccc(-n4nc(Br)c5c4CN(C(=O)O)CC5)c3cn2)cn1. The van der Waals surface area contributed by atoms with E-state index in [2.05, 4.69) is 31.1 Å². The molecule has 0 bridgehead atoms. The first kappa shape index (κ1) is 17.9. The van der Waals surface area contributed by atoms with Gasteiger partial charge >= 0.3 is 6.09 Å². The van der Waals surface area contributed by atoms with E-state index in [0.717, 1.165) is 43.6 Å². The molecule has 0 saturated carbocycles. The molecule has 146 valence electrons. The zero-order chi connectivity index (χ0) is 20.1. The van der Waals surface area contributed by atoms with Crippen molar-refractivity contribution in [1.82, 2.24) is 29.4 Å². The van der Waals surface area contributed by atoms with Gasteiger partial charge in [0.25, 0.3) is 0 Å². The van der Waals surface area contributed by atoms with Crippen molar-refractivity contribution < 1.29 is 9.90 Å². The van der Waals surface area contributed by atoms with E-state index in [9.17, 15) is 9.90 Å². The molecule has 1 aliphatic rings. The van der Waals surface area contributed by atoms with Crippen LogP contribution in [-0.2, 0) is 20.0 Å². The third-order valence-electron chi connectivity index (χ3n) is 5.25. The van der Waals surface area contributed by atoms with Crippen LogP contribution in [0.3, 0.4) is 0 Å².